The highest BCUT2D eigenvalue weighted by Gasteiger charge is 2.26. The molecule has 0 unspecified atom stereocenters. The summed E-state index contributed by atoms with van der Waals surface area (Å²) < 4.78 is 26.3. The number of non-ortho nitro benzene ring substituents is 1. The zero-order valence-corrected chi connectivity index (χ0v) is 14.6. The van der Waals surface area contributed by atoms with Gasteiger partial charge in [-0.3, -0.25) is 10.1 Å². The third-order valence-electron chi connectivity index (χ3n) is 3.70. The summed E-state index contributed by atoms with van der Waals surface area (Å²) in [4.78, 5) is 21.0. The summed E-state index contributed by atoms with van der Waals surface area (Å²) in [6.45, 7) is -0.143. The molecule has 0 aliphatic carbocycles. The summed E-state index contributed by atoms with van der Waals surface area (Å²) in [5, 5.41) is 22.0. The van der Waals surface area contributed by atoms with Crippen molar-refractivity contribution < 1.29 is 23.2 Å². The van der Waals surface area contributed by atoms with Gasteiger partial charge >= 0.3 is 6.09 Å². The maximum atomic E-state index is 12.6. The minimum atomic E-state index is -3.94. The number of rotatable bonds is 7. The fourth-order valence-electron chi connectivity index (χ4n) is 2.34. The number of nitro benzene ring substituents is 1. The van der Waals surface area contributed by atoms with Crippen LogP contribution in [0.3, 0.4) is 0 Å². The maximum absolute atomic E-state index is 12.6. The summed E-state index contributed by atoms with van der Waals surface area (Å²) in [6.07, 6.45) is -1.28. The van der Waals surface area contributed by atoms with Gasteiger partial charge in [0.05, 0.1) is 15.9 Å². The molecule has 9 nitrogen and oxygen atoms in total. The van der Waals surface area contributed by atoms with Crippen LogP contribution in [0.4, 0.5) is 10.5 Å². The first-order valence-electron chi connectivity index (χ1n) is 7.47. The second-order valence-electron chi connectivity index (χ2n) is 5.45. The topological polar surface area (TPSA) is 130 Å². The van der Waals surface area contributed by atoms with Crippen LogP contribution in [0.5, 0.6) is 0 Å². The van der Waals surface area contributed by atoms with E-state index in [-0.39, 0.29) is 17.1 Å². The van der Waals surface area contributed by atoms with Gasteiger partial charge in [-0.05, 0) is 17.7 Å². The second kappa shape index (κ2) is 7.93. The number of carboxylic acid groups (broad SMARTS) is 1. The summed E-state index contributed by atoms with van der Waals surface area (Å²) in [6, 6.07) is 12.3. The third-order valence-corrected chi connectivity index (χ3v) is 5.53. The molecule has 26 heavy (non-hydrogen) atoms. The largest absolute Gasteiger partial charge is 0.465 e. The van der Waals surface area contributed by atoms with Crippen LogP contribution in [-0.4, -0.2) is 42.4 Å². The molecule has 0 saturated carbocycles. The smallest absolute Gasteiger partial charge is 0.405 e. The van der Waals surface area contributed by atoms with Gasteiger partial charge in [0.2, 0.25) is 10.0 Å². The fraction of sp³-hybridized carbons (Fsp3) is 0.188. The molecule has 0 spiro atoms. The van der Waals surface area contributed by atoms with E-state index >= 15 is 0 Å². The molecule has 0 aliphatic rings. The molecule has 0 aromatic heterocycles. The van der Waals surface area contributed by atoms with Gasteiger partial charge in [-0.15, -0.1) is 0 Å². The molecule has 10 heteroatoms. The van der Waals surface area contributed by atoms with E-state index < -0.39 is 27.1 Å². The van der Waals surface area contributed by atoms with E-state index in [2.05, 4.69) is 5.32 Å². The highest BCUT2D eigenvalue weighted by atomic mass is 32.2. The van der Waals surface area contributed by atoms with Crippen LogP contribution in [0.2, 0.25) is 0 Å². The number of nitrogens with zero attached hydrogens (tertiary/aromatic N) is 2. The lowest BCUT2D eigenvalue weighted by Crippen LogP contribution is -2.38. The monoisotopic (exact) mass is 379 g/mol. The Morgan fingerprint density at radius 3 is 2.27 bits per heavy atom. The van der Waals surface area contributed by atoms with E-state index in [4.69, 9.17) is 5.11 Å². The number of sulfonamides is 1. The molecule has 2 N–H and O–H groups in total. The number of hydrogen-bond acceptors (Lipinski definition) is 5. The first-order chi connectivity index (χ1) is 12.2. The average Bonchev–Trinajstić information content (AvgIpc) is 2.61. The molecule has 1 amide bonds. The Hall–Kier alpha value is -2.98. The number of amides is 1. The first-order valence-corrected chi connectivity index (χ1v) is 8.91. The van der Waals surface area contributed by atoms with Gasteiger partial charge in [0.1, 0.15) is 0 Å². The van der Waals surface area contributed by atoms with E-state index in [0.29, 0.717) is 5.56 Å². The average molecular weight is 379 g/mol. The predicted molar refractivity (Wildman–Crippen MR) is 93.3 cm³/mol. The molecule has 0 fully saturated rings. The number of nitro groups is 1. The van der Waals surface area contributed by atoms with Crippen LogP contribution < -0.4 is 5.32 Å². The predicted octanol–water partition coefficient (Wildman–Crippen LogP) is 2.22. The number of benzene rings is 2. The second-order valence-corrected chi connectivity index (χ2v) is 7.49. The van der Waals surface area contributed by atoms with Crippen molar-refractivity contribution in [1.29, 1.82) is 0 Å². The lowest BCUT2D eigenvalue weighted by Gasteiger charge is -2.24. The third kappa shape index (κ3) is 4.55. The van der Waals surface area contributed by atoms with Gasteiger partial charge in [-0.2, -0.15) is 4.31 Å². The van der Waals surface area contributed by atoms with Crippen LogP contribution in [0.25, 0.3) is 0 Å². The van der Waals surface area contributed by atoms with Crippen LogP contribution in [-0.2, 0) is 10.0 Å². The molecule has 2 aromatic rings. The molecule has 0 heterocycles. The van der Waals surface area contributed by atoms with Crippen molar-refractivity contribution in [2.24, 2.45) is 0 Å². The Morgan fingerprint density at radius 2 is 1.77 bits per heavy atom. The molecular formula is C16H17N3O6S. The Kier molecular flexibility index (Phi) is 5.90. The number of carbonyl (C=O) groups is 1. The van der Waals surface area contributed by atoms with E-state index in [0.717, 1.165) is 28.6 Å². The van der Waals surface area contributed by atoms with Crippen LogP contribution in [0, 0.1) is 10.1 Å². The van der Waals surface area contributed by atoms with Crippen LogP contribution in [0.15, 0.2) is 59.5 Å². The summed E-state index contributed by atoms with van der Waals surface area (Å²) in [5.41, 5.74) is 0.391. The summed E-state index contributed by atoms with van der Waals surface area (Å²) in [5.74, 6) is 0. The quantitative estimate of drug-likeness (QED) is 0.560. The van der Waals surface area contributed by atoms with Crippen molar-refractivity contribution in [1.82, 2.24) is 9.62 Å². The van der Waals surface area contributed by atoms with Gasteiger partial charge < -0.3 is 10.4 Å². The van der Waals surface area contributed by atoms with Crippen LogP contribution in [0.1, 0.15) is 11.6 Å². The number of nitrogens with one attached hydrogen (secondary N) is 1. The van der Waals surface area contributed by atoms with Gasteiger partial charge in [0, 0.05) is 25.7 Å². The first kappa shape index (κ1) is 19.3. The van der Waals surface area contributed by atoms with E-state index in [1.807, 2.05) is 0 Å². The molecular weight excluding hydrogens is 362 g/mol. The molecule has 2 rings (SSSR count). The zero-order valence-electron chi connectivity index (χ0n) is 13.8. The van der Waals surface area contributed by atoms with Crippen molar-refractivity contribution in [3.05, 3.63) is 70.3 Å². The van der Waals surface area contributed by atoms with Crippen molar-refractivity contribution in [2.45, 2.75) is 10.9 Å². The lowest BCUT2D eigenvalue weighted by atomic mass is 10.1. The number of hydrogen-bond donors (Lipinski definition) is 2. The standard InChI is InChI=1S/C16H17N3O6S/c1-18(11-15(17-16(20)21)12-5-3-2-4-6-12)26(24,25)14-9-7-13(8-10-14)19(22)23/h2-10,15,17H,11H2,1H3,(H,20,21)/t15-/m1/s1. The van der Waals surface area contributed by atoms with E-state index in [1.165, 1.54) is 7.05 Å². The summed E-state index contributed by atoms with van der Waals surface area (Å²) >= 11 is 0. The molecule has 2 aromatic carbocycles. The molecule has 0 bridgehead atoms. The van der Waals surface area contributed by atoms with E-state index in [1.54, 1.807) is 30.3 Å². The van der Waals surface area contributed by atoms with Crippen molar-refractivity contribution in [3.63, 3.8) is 0 Å². The maximum Gasteiger partial charge on any atom is 0.405 e. The SMILES string of the molecule is CN(C[C@@H](NC(=O)O)c1ccccc1)S(=O)(=O)c1ccc([N+](=O)[O-])cc1. The Labute approximate surface area is 150 Å². The molecule has 138 valence electrons. The lowest BCUT2D eigenvalue weighted by molar-refractivity contribution is -0.384. The van der Waals surface area contributed by atoms with Gasteiger partial charge in [-0.1, -0.05) is 30.3 Å². The molecule has 1 atom stereocenters. The highest BCUT2D eigenvalue weighted by molar-refractivity contribution is 7.89. The Bertz CT molecular complexity index is 884. The van der Waals surface area contributed by atoms with Gasteiger partial charge in [0.25, 0.3) is 5.69 Å². The van der Waals surface area contributed by atoms with Crippen molar-refractivity contribution in [2.75, 3.05) is 13.6 Å². The highest BCUT2D eigenvalue weighted by Crippen LogP contribution is 2.21. The zero-order chi connectivity index (χ0) is 19.3. The Balaban J connectivity index is 2.25. The molecule has 0 saturated heterocycles. The van der Waals surface area contributed by atoms with Gasteiger partial charge in [0.15, 0.2) is 0 Å². The van der Waals surface area contributed by atoms with Crippen molar-refractivity contribution >= 4 is 21.8 Å². The Morgan fingerprint density at radius 1 is 1.19 bits per heavy atom. The molecule has 0 radical (unpaired) electrons. The fourth-order valence-corrected chi connectivity index (χ4v) is 3.53. The minimum Gasteiger partial charge on any atom is -0.465 e. The summed E-state index contributed by atoms with van der Waals surface area (Å²) in [7, 11) is -2.63. The van der Waals surface area contributed by atoms with Crippen molar-refractivity contribution in [3.8, 4) is 0 Å². The number of likely N-dealkylation sites (N-methyl/N-ethyl adjacent to an activating group) is 1. The van der Waals surface area contributed by atoms with Crippen LogP contribution >= 0.6 is 0 Å². The molecule has 0 aliphatic heterocycles. The minimum absolute atomic E-state index is 0.118. The normalized spacial score (nSPS) is 12.5. The van der Waals surface area contributed by atoms with Gasteiger partial charge in [-0.25, -0.2) is 13.2 Å². The van der Waals surface area contributed by atoms with E-state index in [9.17, 15) is 23.3 Å².